The smallest absolute Gasteiger partial charge is 0.288 e. The minimum Gasteiger partial charge on any atom is -0.395 e. The van der Waals surface area contributed by atoms with Crippen molar-refractivity contribution in [2.24, 2.45) is 0 Å². The van der Waals surface area contributed by atoms with Gasteiger partial charge in [0.15, 0.2) is 0 Å². The Bertz CT molecular complexity index is 412. The van der Waals surface area contributed by atoms with Gasteiger partial charge in [-0.05, 0) is 12.1 Å². The lowest BCUT2D eigenvalue weighted by Gasteiger charge is -2.21. The number of alkyl halides is 2. The third-order valence-electron chi connectivity index (χ3n) is 2.36. The zero-order valence-electron chi connectivity index (χ0n) is 10.1. The molecular formula is C12H15F2NO3S. The topological polar surface area (TPSA) is 60.8 Å². The van der Waals surface area contributed by atoms with Gasteiger partial charge in [-0.15, -0.1) is 0 Å². The van der Waals surface area contributed by atoms with Crippen molar-refractivity contribution in [3.05, 3.63) is 29.8 Å². The van der Waals surface area contributed by atoms with Gasteiger partial charge in [-0.2, -0.15) is 8.78 Å². The van der Waals surface area contributed by atoms with Gasteiger partial charge in [0.25, 0.3) is 11.7 Å². The quantitative estimate of drug-likeness (QED) is 0.746. The number of hydrogen-bond acceptors (Lipinski definition) is 4. The lowest BCUT2D eigenvalue weighted by Crippen LogP contribution is -2.36. The molecule has 0 aliphatic heterocycles. The first-order valence-electron chi connectivity index (χ1n) is 5.65. The van der Waals surface area contributed by atoms with Crippen LogP contribution in [0.5, 0.6) is 0 Å². The molecule has 0 spiro atoms. The van der Waals surface area contributed by atoms with Crippen molar-refractivity contribution >= 4 is 17.7 Å². The standard InChI is InChI=1S/C12H15F2NO3S/c13-12(14)19-10-4-2-1-3-9(10)11(18)15(5-7-16)6-8-17/h1-4,12,16-17H,5-8H2. The van der Waals surface area contributed by atoms with Gasteiger partial charge in [0.2, 0.25) is 0 Å². The van der Waals surface area contributed by atoms with Crippen molar-refractivity contribution in [2.75, 3.05) is 26.3 Å². The SMILES string of the molecule is O=C(c1ccccc1SC(F)F)N(CCO)CCO. The summed E-state index contributed by atoms with van der Waals surface area (Å²) >= 11 is 0.301. The Morgan fingerprint density at radius 3 is 2.32 bits per heavy atom. The number of halogens is 2. The van der Waals surface area contributed by atoms with Crippen molar-refractivity contribution in [2.45, 2.75) is 10.7 Å². The van der Waals surface area contributed by atoms with E-state index in [1.54, 1.807) is 12.1 Å². The van der Waals surface area contributed by atoms with E-state index in [1.165, 1.54) is 17.0 Å². The highest BCUT2D eigenvalue weighted by molar-refractivity contribution is 7.99. The van der Waals surface area contributed by atoms with E-state index >= 15 is 0 Å². The maximum absolute atomic E-state index is 12.4. The van der Waals surface area contributed by atoms with Gasteiger partial charge in [-0.1, -0.05) is 23.9 Å². The fourth-order valence-corrected chi connectivity index (χ4v) is 2.20. The molecule has 2 N–H and O–H groups in total. The molecule has 0 fully saturated rings. The lowest BCUT2D eigenvalue weighted by atomic mass is 10.2. The monoisotopic (exact) mass is 291 g/mol. The van der Waals surface area contributed by atoms with Crippen LogP contribution < -0.4 is 0 Å². The summed E-state index contributed by atoms with van der Waals surface area (Å²) in [5, 5.41) is 17.7. The van der Waals surface area contributed by atoms with E-state index < -0.39 is 11.7 Å². The van der Waals surface area contributed by atoms with Crippen molar-refractivity contribution in [3.63, 3.8) is 0 Å². The molecule has 0 aromatic heterocycles. The van der Waals surface area contributed by atoms with E-state index in [-0.39, 0.29) is 36.8 Å². The number of aliphatic hydroxyl groups is 2. The molecule has 0 aliphatic carbocycles. The Morgan fingerprint density at radius 1 is 1.21 bits per heavy atom. The molecule has 0 unspecified atom stereocenters. The zero-order chi connectivity index (χ0) is 14.3. The second-order valence-electron chi connectivity index (χ2n) is 3.61. The van der Waals surface area contributed by atoms with Gasteiger partial charge in [0.05, 0.1) is 18.8 Å². The van der Waals surface area contributed by atoms with Crippen molar-refractivity contribution in [1.29, 1.82) is 0 Å². The third-order valence-corrected chi connectivity index (χ3v) is 3.15. The summed E-state index contributed by atoms with van der Waals surface area (Å²) in [4.78, 5) is 13.6. The molecule has 0 saturated heterocycles. The van der Waals surface area contributed by atoms with Crippen LogP contribution >= 0.6 is 11.8 Å². The Kier molecular flexibility index (Phi) is 6.75. The van der Waals surface area contributed by atoms with Gasteiger partial charge in [0, 0.05) is 18.0 Å². The van der Waals surface area contributed by atoms with Gasteiger partial charge in [-0.25, -0.2) is 0 Å². The molecule has 1 rings (SSSR count). The van der Waals surface area contributed by atoms with E-state index in [1.807, 2.05) is 0 Å². The van der Waals surface area contributed by atoms with E-state index in [2.05, 4.69) is 0 Å². The maximum atomic E-state index is 12.4. The molecule has 0 bridgehead atoms. The number of hydrogen-bond donors (Lipinski definition) is 2. The number of thioether (sulfide) groups is 1. The summed E-state index contributed by atoms with van der Waals surface area (Å²) in [7, 11) is 0. The average Bonchev–Trinajstić information content (AvgIpc) is 2.38. The van der Waals surface area contributed by atoms with E-state index in [4.69, 9.17) is 10.2 Å². The maximum Gasteiger partial charge on any atom is 0.288 e. The van der Waals surface area contributed by atoms with Crippen LogP contribution in [0.1, 0.15) is 10.4 Å². The third kappa shape index (κ3) is 4.77. The van der Waals surface area contributed by atoms with Crippen LogP contribution in [0.3, 0.4) is 0 Å². The van der Waals surface area contributed by atoms with Crippen molar-refractivity contribution in [3.8, 4) is 0 Å². The number of amides is 1. The number of aliphatic hydroxyl groups excluding tert-OH is 2. The Morgan fingerprint density at radius 2 is 1.79 bits per heavy atom. The number of rotatable bonds is 7. The predicted octanol–water partition coefficient (Wildman–Crippen LogP) is 1.43. The minimum absolute atomic E-state index is 0.0487. The first kappa shape index (κ1) is 15.9. The fourth-order valence-electron chi connectivity index (χ4n) is 1.57. The summed E-state index contributed by atoms with van der Waals surface area (Å²) in [6.07, 6.45) is 0. The summed E-state index contributed by atoms with van der Waals surface area (Å²) in [5.41, 5.74) is 0.148. The number of carbonyl (C=O) groups is 1. The number of nitrogens with zero attached hydrogens (tertiary/aromatic N) is 1. The van der Waals surface area contributed by atoms with Crippen molar-refractivity contribution < 1.29 is 23.8 Å². The van der Waals surface area contributed by atoms with Crippen molar-refractivity contribution in [1.82, 2.24) is 4.90 Å². The van der Waals surface area contributed by atoms with Gasteiger partial charge >= 0.3 is 0 Å². The molecule has 19 heavy (non-hydrogen) atoms. The fraction of sp³-hybridized carbons (Fsp3) is 0.417. The molecular weight excluding hydrogens is 276 g/mol. The lowest BCUT2D eigenvalue weighted by molar-refractivity contribution is 0.0681. The van der Waals surface area contributed by atoms with Crippen LogP contribution in [-0.4, -0.2) is 53.1 Å². The van der Waals surface area contributed by atoms with Gasteiger partial charge in [-0.3, -0.25) is 4.79 Å². The Balaban J connectivity index is 2.96. The number of carbonyl (C=O) groups excluding carboxylic acids is 1. The van der Waals surface area contributed by atoms with E-state index in [0.717, 1.165) is 0 Å². The molecule has 0 radical (unpaired) electrons. The normalized spacial score (nSPS) is 10.8. The van der Waals surface area contributed by atoms with Crippen LogP contribution in [-0.2, 0) is 0 Å². The second kappa shape index (κ2) is 8.08. The molecule has 1 amide bonds. The van der Waals surface area contributed by atoms with E-state index in [0.29, 0.717) is 11.8 Å². The Hall–Kier alpha value is -1.18. The summed E-state index contributed by atoms with van der Waals surface area (Å²) < 4.78 is 24.8. The predicted molar refractivity (Wildman–Crippen MR) is 68.4 cm³/mol. The Labute approximate surface area is 114 Å². The van der Waals surface area contributed by atoms with Crippen LogP contribution in [0, 0.1) is 0 Å². The molecule has 0 atom stereocenters. The zero-order valence-corrected chi connectivity index (χ0v) is 10.9. The van der Waals surface area contributed by atoms with Gasteiger partial charge < -0.3 is 15.1 Å². The summed E-state index contributed by atoms with van der Waals surface area (Å²) in [6.45, 7) is -0.411. The molecule has 0 aliphatic rings. The number of benzene rings is 1. The molecule has 106 valence electrons. The molecule has 1 aromatic carbocycles. The summed E-state index contributed by atoms with van der Waals surface area (Å²) in [6, 6.07) is 6.05. The molecule has 0 heterocycles. The molecule has 4 nitrogen and oxygen atoms in total. The first-order valence-corrected chi connectivity index (χ1v) is 6.53. The highest BCUT2D eigenvalue weighted by atomic mass is 32.2. The van der Waals surface area contributed by atoms with E-state index in [9.17, 15) is 13.6 Å². The molecule has 1 aromatic rings. The van der Waals surface area contributed by atoms with Crippen LogP contribution in [0.4, 0.5) is 8.78 Å². The largest absolute Gasteiger partial charge is 0.395 e. The minimum atomic E-state index is -2.61. The molecule has 0 saturated carbocycles. The second-order valence-corrected chi connectivity index (χ2v) is 4.65. The van der Waals surface area contributed by atoms with Crippen LogP contribution in [0.15, 0.2) is 29.2 Å². The van der Waals surface area contributed by atoms with Gasteiger partial charge in [0.1, 0.15) is 0 Å². The average molecular weight is 291 g/mol. The summed E-state index contributed by atoms with van der Waals surface area (Å²) in [5.74, 6) is -3.09. The van der Waals surface area contributed by atoms with Crippen LogP contribution in [0.25, 0.3) is 0 Å². The first-order chi connectivity index (χ1) is 9.10. The molecule has 7 heteroatoms. The van der Waals surface area contributed by atoms with Crippen LogP contribution in [0.2, 0.25) is 0 Å². The highest BCUT2D eigenvalue weighted by Gasteiger charge is 2.19. The highest BCUT2D eigenvalue weighted by Crippen LogP contribution is 2.29.